The van der Waals surface area contributed by atoms with Crippen LogP contribution in [0, 0.1) is 6.92 Å². The summed E-state index contributed by atoms with van der Waals surface area (Å²) in [5.74, 6) is 1.99. The first-order valence-electron chi connectivity index (χ1n) is 6.01. The maximum atomic E-state index is 5.80. The van der Waals surface area contributed by atoms with E-state index >= 15 is 0 Å². The normalized spacial score (nSPS) is 10.4. The number of ether oxygens (including phenoxy) is 1. The highest BCUT2D eigenvalue weighted by Gasteiger charge is 2.07. The summed E-state index contributed by atoms with van der Waals surface area (Å²) < 4.78 is 9.94. The highest BCUT2D eigenvalue weighted by molar-refractivity contribution is 7.09. The van der Waals surface area contributed by atoms with Crippen molar-refractivity contribution >= 4 is 16.7 Å². The first kappa shape index (κ1) is 12.6. The molecule has 0 amide bonds. The van der Waals surface area contributed by atoms with Crippen LogP contribution in [0.25, 0.3) is 11.5 Å². The molecule has 0 bridgehead atoms. The second kappa shape index (κ2) is 5.26. The monoisotopic (exact) mass is 284 g/mol. The molecule has 0 aliphatic rings. The van der Waals surface area contributed by atoms with Gasteiger partial charge in [-0.2, -0.15) is 9.36 Å². The lowest BCUT2D eigenvalue weighted by atomic mass is 10.2. The van der Waals surface area contributed by atoms with Crippen molar-refractivity contribution in [3.63, 3.8) is 0 Å². The van der Waals surface area contributed by atoms with Crippen molar-refractivity contribution in [2.45, 2.75) is 6.92 Å². The number of aryl methyl sites for hydroxylation is 1. The Bertz CT molecular complexity index is 741. The van der Waals surface area contributed by atoms with Gasteiger partial charge in [-0.3, -0.25) is 4.98 Å². The van der Waals surface area contributed by atoms with Gasteiger partial charge < -0.3 is 10.5 Å². The second-order valence-electron chi connectivity index (χ2n) is 4.25. The van der Waals surface area contributed by atoms with Gasteiger partial charge in [0.15, 0.2) is 11.0 Å². The van der Waals surface area contributed by atoms with Gasteiger partial charge in [0.25, 0.3) is 0 Å². The molecule has 1 aromatic carbocycles. The third-order valence-corrected chi connectivity index (χ3v) is 3.17. The van der Waals surface area contributed by atoms with Crippen LogP contribution in [0.4, 0.5) is 5.13 Å². The molecular weight excluding hydrogens is 272 g/mol. The highest BCUT2D eigenvalue weighted by Crippen LogP contribution is 2.25. The van der Waals surface area contributed by atoms with Gasteiger partial charge in [0, 0.05) is 23.8 Å². The fourth-order valence-electron chi connectivity index (χ4n) is 1.75. The number of hydrogen-bond acceptors (Lipinski definition) is 6. The molecule has 100 valence electrons. The van der Waals surface area contributed by atoms with Gasteiger partial charge in [-0.15, -0.1) is 0 Å². The van der Waals surface area contributed by atoms with Crippen molar-refractivity contribution in [1.82, 2.24) is 14.3 Å². The topological polar surface area (TPSA) is 73.9 Å². The van der Waals surface area contributed by atoms with Crippen LogP contribution in [0.1, 0.15) is 5.56 Å². The van der Waals surface area contributed by atoms with E-state index in [0.29, 0.717) is 22.4 Å². The SMILES string of the molecule is Cc1cccc(Oc2ccnc(-c3nsc(N)n3)c2)c1. The minimum Gasteiger partial charge on any atom is -0.457 e. The molecule has 2 heterocycles. The minimum atomic E-state index is 0.423. The molecule has 0 atom stereocenters. The number of nitrogens with zero attached hydrogens (tertiary/aromatic N) is 3. The van der Waals surface area contributed by atoms with Crippen molar-refractivity contribution in [3.8, 4) is 23.0 Å². The molecule has 0 saturated carbocycles. The van der Waals surface area contributed by atoms with E-state index < -0.39 is 0 Å². The smallest absolute Gasteiger partial charge is 0.200 e. The van der Waals surface area contributed by atoms with Gasteiger partial charge in [0.2, 0.25) is 0 Å². The van der Waals surface area contributed by atoms with Crippen LogP contribution in [-0.2, 0) is 0 Å². The van der Waals surface area contributed by atoms with E-state index in [0.717, 1.165) is 22.8 Å². The van der Waals surface area contributed by atoms with Gasteiger partial charge in [-0.05, 0) is 30.7 Å². The second-order valence-corrected chi connectivity index (χ2v) is 5.04. The zero-order chi connectivity index (χ0) is 13.9. The summed E-state index contributed by atoms with van der Waals surface area (Å²) in [5.41, 5.74) is 7.37. The molecule has 0 saturated heterocycles. The summed E-state index contributed by atoms with van der Waals surface area (Å²) >= 11 is 1.15. The summed E-state index contributed by atoms with van der Waals surface area (Å²) in [7, 11) is 0. The van der Waals surface area contributed by atoms with Crippen LogP contribution in [-0.4, -0.2) is 14.3 Å². The summed E-state index contributed by atoms with van der Waals surface area (Å²) in [6, 6.07) is 11.4. The Morgan fingerprint density at radius 3 is 2.75 bits per heavy atom. The zero-order valence-corrected chi connectivity index (χ0v) is 11.6. The number of anilines is 1. The van der Waals surface area contributed by atoms with Crippen molar-refractivity contribution < 1.29 is 4.74 Å². The molecule has 0 fully saturated rings. The average molecular weight is 284 g/mol. The quantitative estimate of drug-likeness (QED) is 0.799. The lowest BCUT2D eigenvalue weighted by molar-refractivity contribution is 0.482. The summed E-state index contributed by atoms with van der Waals surface area (Å²) in [6.07, 6.45) is 1.66. The summed E-state index contributed by atoms with van der Waals surface area (Å²) in [6.45, 7) is 2.02. The molecule has 20 heavy (non-hydrogen) atoms. The lowest BCUT2D eigenvalue weighted by Crippen LogP contribution is -1.90. The molecule has 2 N–H and O–H groups in total. The predicted octanol–water partition coefficient (Wildman–Crippen LogP) is 3.28. The Morgan fingerprint density at radius 2 is 2.00 bits per heavy atom. The first-order chi connectivity index (χ1) is 9.70. The Kier molecular flexibility index (Phi) is 3.30. The lowest BCUT2D eigenvalue weighted by Gasteiger charge is -2.06. The van der Waals surface area contributed by atoms with Crippen molar-refractivity contribution in [1.29, 1.82) is 0 Å². The number of pyridine rings is 1. The van der Waals surface area contributed by atoms with E-state index in [4.69, 9.17) is 10.5 Å². The number of hydrogen-bond donors (Lipinski definition) is 1. The summed E-state index contributed by atoms with van der Waals surface area (Å²) in [4.78, 5) is 8.34. The molecule has 3 aromatic rings. The van der Waals surface area contributed by atoms with E-state index in [1.807, 2.05) is 31.2 Å². The van der Waals surface area contributed by atoms with E-state index in [1.165, 1.54) is 0 Å². The third-order valence-electron chi connectivity index (χ3n) is 2.63. The Labute approximate surface area is 120 Å². The largest absolute Gasteiger partial charge is 0.457 e. The molecule has 2 aromatic heterocycles. The zero-order valence-electron chi connectivity index (χ0n) is 10.8. The van der Waals surface area contributed by atoms with Crippen LogP contribution in [0.2, 0.25) is 0 Å². The molecule has 0 aliphatic heterocycles. The number of rotatable bonds is 3. The van der Waals surface area contributed by atoms with Gasteiger partial charge in [0.1, 0.15) is 17.2 Å². The van der Waals surface area contributed by atoms with Crippen LogP contribution in [0.3, 0.4) is 0 Å². The van der Waals surface area contributed by atoms with Crippen LogP contribution < -0.4 is 10.5 Å². The minimum absolute atomic E-state index is 0.423. The van der Waals surface area contributed by atoms with E-state index in [1.54, 1.807) is 18.3 Å². The van der Waals surface area contributed by atoms with E-state index in [-0.39, 0.29) is 0 Å². The number of benzene rings is 1. The number of aromatic nitrogens is 3. The van der Waals surface area contributed by atoms with Crippen molar-refractivity contribution in [2.24, 2.45) is 0 Å². The number of nitrogens with two attached hydrogens (primary N) is 1. The van der Waals surface area contributed by atoms with Crippen molar-refractivity contribution in [3.05, 3.63) is 48.2 Å². The van der Waals surface area contributed by atoms with Crippen LogP contribution in [0.15, 0.2) is 42.6 Å². The molecule has 3 rings (SSSR count). The molecular formula is C14H12N4OS. The summed E-state index contributed by atoms with van der Waals surface area (Å²) in [5, 5.41) is 0.423. The fourth-order valence-corrected chi connectivity index (χ4v) is 2.19. The Hall–Kier alpha value is -2.47. The van der Waals surface area contributed by atoms with Gasteiger partial charge in [-0.1, -0.05) is 12.1 Å². The maximum Gasteiger partial charge on any atom is 0.200 e. The molecule has 0 unspecified atom stereocenters. The molecule has 6 heteroatoms. The average Bonchev–Trinajstić information content (AvgIpc) is 2.86. The molecule has 0 aliphatic carbocycles. The molecule has 5 nitrogen and oxygen atoms in total. The Balaban J connectivity index is 1.88. The Morgan fingerprint density at radius 1 is 1.15 bits per heavy atom. The fraction of sp³-hybridized carbons (Fsp3) is 0.0714. The van der Waals surface area contributed by atoms with Gasteiger partial charge in [-0.25, -0.2) is 0 Å². The highest BCUT2D eigenvalue weighted by atomic mass is 32.1. The third kappa shape index (κ3) is 2.75. The molecule has 0 radical (unpaired) electrons. The first-order valence-corrected chi connectivity index (χ1v) is 6.78. The standard InChI is InChI=1S/C14H12N4OS/c1-9-3-2-4-10(7-9)19-11-5-6-16-12(8-11)13-17-14(15)20-18-13/h2-8H,1H3,(H2,15,17,18). The van der Waals surface area contributed by atoms with E-state index in [9.17, 15) is 0 Å². The predicted molar refractivity (Wildman–Crippen MR) is 78.8 cm³/mol. The van der Waals surface area contributed by atoms with E-state index in [2.05, 4.69) is 14.3 Å². The van der Waals surface area contributed by atoms with Crippen LogP contribution in [0.5, 0.6) is 11.5 Å². The van der Waals surface area contributed by atoms with Crippen LogP contribution >= 0.6 is 11.5 Å². The van der Waals surface area contributed by atoms with Crippen molar-refractivity contribution in [2.75, 3.05) is 5.73 Å². The van der Waals surface area contributed by atoms with Gasteiger partial charge >= 0.3 is 0 Å². The van der Waals surface area contributed by atoms with Gasteiger partial charge in [0.05, 0.1) is 0 Å². The molecule has 0 spiro atoms. The number of nitrogen functional groups attached to an aromatic ring is 1. The maximum absolute atomic E-state index is 5.80.